The quantitative estimate of drug-likeness (QED) is 0.668. The number of carbonyl (C=O) groups excluding carboxylic acids is 1. The van der Waals surface area contributed by atoms with E-state index in [-0.39, 0.29) is 18.0 Å². The lowest BCUT2D eigenvalue weighted by molar-refractivity contribution is -0.144. The third kappa shape index (κ3) is 1.57. The highest BCUT2D eigenvalue weighted by atomic mass is 16.6. The van der Waals surface area contributed by atoms with Gasteiger partial charge in [-0.05, 0) is 37.3 Å². The molecule has 2 saturated heterocycles. The van der Waals surface area contributed by atoms with Crippen LogP contribution >= 0.6 is 0 Å². The summed E-state index contributed by atoms with van der Waals surface area (Å²) in [6, 6.07) is 9.55. The number of rotatable bonds is 0. The third-order valence-electron chi connectivity index (χ3n) is 5.09. The van der Waals surface area contributed by atoms with Gasteiger partial charge >= 0.3 is 5.97 Å². The number of carbonyl (C=O) groups is 1. The average Bonchev–Trinajstić information content (AvgIpc) is 2.74. The van der Waals surface area contributed by atoms with Gasteiger partial charge in [-0.25, -0.2) is 0 Å². The van der Waals surface area contributed by atoms with E-state index < -0.39 is 0 Å². The lowest BCUT2D eigenvalue weighted by Crippen LogP contribution is -2.52. The van der Waals surface area contributed by atoms with Gasteiger partial charge in [-0.15, -0.1) is 0 Å². The van der Waals surface area contributed by atoms with E-state index in [2.05, 4.69) is 29.2 Å². The Labute approximate surface area is 113 Å². The van der Waals surface area contributed by atoms with Crippen molar-refractivity contribution in [3.8, 4) is 0 Å². The highest BCUT2D eigenvalue weighted by molar-refractivity contribution is 5.76. The molecular formula is C16H19NO2. The van der Waals surface area contributed by atoms with Crippen molar-refractivity contribution in [2.75, 3.05) is 6.54 Å². The number of piperidine rings is 1. The van der Waals surface area contributed by atoms with E-state index >= 15 is 0 Å². The summed E-state index contributed by atoms with van der Waals surface area (Å²) in [7, 11) is 0. The van der Waals surface area contributed by atoms with E-state index in [4.69, 9.17) is 4.74 Å². The van der Waals surface area contributed by atoms with Crippen molar-refractivity contribution in [3.05, 3.63) is 35.4 Å². The van der Waals surface area contributed by atoms with Crippen molar-refractivity contribution in [1.29, 1.82) is 0 Å². The molecule has 0 amide bonds. The number of hydrogen-bond donors (Lipinski definition) is 0. The summed E-state index contributed by atoms with van der Waals surface area (Å²) in [6.07, 6.45) is 3.20. The second-order valence-corrected chi connectivity index (χ2v) is 6.02. The largest absolute Gasteiger partial charge is 0.461 e. The SMILES string of the molecule is C[C@@H]1OC(=O)[C@@H]2CC[C@@H]3c4ccccc4CCN3[C@H]12. The van der Waals surface area contributed by atoms with E-state index in [0.717, 1.165) is 25.8 Å². The highest BCUT2D eigenvalue weighted by Crippen LogP contribution is 2.45. The Balaban J connectivity index is 1.72. The Morgan fingerprint density at radius 1 is 1.26 bits per heavy atom. The van der Waals surface area contributed by atoms with Crippen LogP contribution in [0, 0.1) is 5.92 Å². The molecule has 0 spiro atoms. The Bertz CT molecular complexity index is 527. The fourth-order valence-electron chi connectivity index (χ4n) is 4.28. The van der Waals surface area contributed by atoms with Gasteiger partial charge in [0, 0.05) is 12.6 Å². The number of fused-ring (bicyclic) bond motifs is 5. The minimum absolute atomic E-state index is 0.0230. The standard InChI is InChI=1S/C16H19NO2/c1-10-15-13(16(18)19-10)6-7-14-12-5-3-2-4-11(12)8-9-17(14)15/h2-5,10,13-15H,6-9H2,1H3/t10-,13+,14+,15+/m0/s1. The molecule has 4 rings (SSSR count). The predicted molar refractivity (Wildman–Crippen MR) is 71.7 cm³/mol. The van der Waals surface area contributed by atoms with Gasteiger partial charge in [-0.3, -0.25) is 9.69 Å². The normalized spacial score (nSPS) is 37.2. The van der Waals surface area contributed by atoms with Gasteiger partial charge in [-0.2, -0.15) is 0 Å². The van der Waals surface area contributed by atoms with Crippen LogP contribution in [0.3, 0.4) is 0 Å². The molecule has 1 aromatic rings. The molecular weight excluding hydrogens is 238 g/mol. The fourth-order valence-corrected chi connectivity index (χ4v) is 4.28. The lowest BCUT2D eigenvalue weighted by atomic mass is 9.79. The highest BCUT2D eigenvalue weighted by Gasteiger charge is 2.51. The number of cyclic esters (lactones) is 1. The van der Waals surface area contributed by atoms with E-state index in [9.17, 15) is 4.79 Å². The van der Waals surface area contributed by atoms with Gasteiger partial charge in [0.25, 0.3) is 0 Å². The number of nitrogens with zero attached hydrogens (tertiary/aromatic N) is 1. The smallest absolute Gasteiger partial charge is 0.310 e. The van der Waals surface area contributed by atoms with Crippen LogP contribution in [0.2, 0.25) is 0 Å². The first-order valence-electron chi connectivity index (χ1n) is 7.30. The molecule has 0 bridgehead atoms. The van der Waals surface area contributed by atoms with Crippen molar-refractivity contribution < 1.29 is 9.53 Å². The minimum Gasteiger partial charge on any atom is -0.461 e. The summed E-state index contributed by atoms with van der Waals surface area (Å²) in [6.45, 7) is 3.11. The van der Waals surface area contributed by atoms with Crippen LogP contribution < -0.4 is 0 Å². The lowest BCUT2D eigenvalue weighted by Gasteiger charge is -2.46. The van der Waals surface area contributed by atoms with Crippen LogP contribution in [0.4, 0.5) is 0 Å². The number of ether oxygens (including phenoxy) is 1. The topological polar surface area (TPSA) is 29.5 Å². The first kappa shape index (κ1) is 11.5. The van der Waals surface area contributed by atoms with Gasteiger partial charge in [0.05, 0.1) is 12.0 Å². The van der Waals surface area contributed by atoms with Gasteiger partial charge in [-0.1, -0.05) is 24.3 Å². The second kappa shape index (κ2) is 4.07. The Kier molecular flexibility index (Phi) is 2.46. The zero-order valence-corrected chi connectivity index (χ0v) is 11.2. The molecule has 4 atom stereocenters. The number of esters is 1. The number of benzene rings is 1. The van der Waals surface area contributed by atoms with Crippen molar-refractivity contribution in [1.82, 2.24) is 4.90 Å². The maximum absolute atomic E-state index is 11.9. The third-order valence-corrected chi connectivity index (χ3v) is 5.09. The first-order chi connectivity index (χ1) is 9.25. The molecule has 0 N–H and O–H groups in total. The molecule has 3 heterocycles. The van der Waals surface area contributed by atoms with Crippen LogP contribution in [-0.4, -0.2) is 29.6 Å². The second-order valence-electron chi connectivity index (χ2n) is 6.02. The van der Waals surface area contributed by atoms with Crippen LogP contribution in [0.1, 0.15) is 36.9 Å². The maximum atomic E-state index is 11.9. The Morgan fingerprint density at radius 2 is 2.11 bits per heavy atom. The van der Waals surface area contributed by atoms with E-state index in [1.807, 2.05) is 6.92 Å². The molecule has 0 radical (unpaired) electrons. The van der Waals surface area contributed by atoms with Crippen LogP contribution in [0.25, 0.3) is 0 Å². The fraction of sp³-hybridized carbons (Fsp3) is 0.562. The molecule has 3 heteroatoms. The average molecular weight is 257 g/mol. The van der Waals surface area contributed by atoms with Crippen molar-refractivity contribution in [2.45, 2.75) is 44.4 Å². The summed E-state index contributed by atoms with van der Waals surface area (Å²) < 4.78 is 5.46. The molecule has 100 valence electrons. The van der Waals surface area contributed by atoms with Gasteiger partial charge in [0.1, 0.15) is 6.10 Å². The summed E-state index contributed by atoms with van der Waals surface area (Å²) in [4.78, 5) is 14.4. The van der Waals surface area contributed by atoms with Crippen LogP contribution in [0.5, 0.6) is 0 Å². The molecule has 3 nitrogen and oxygen atoms in total. The molecule has 1 aromatic carbocycles. The first-order valence-corrected chi connectivity index (χ1v) is 7.30. The zero-order valence-electron chi connectivity index (χ0n) is 11.2. The molecule has 2 fully saturated rings. The van der Waals surface area contributed by atoms with E-state index in [0.29, 0.717) is 12.1 Å². The monoisotopic (exact) mass is 257 g/mol. The molecule has 3 aliphatic rings. The van der Waals surface area contributed by atoms with Gasteiger partial charge in [0.2, 0.25) is 0 Å². The molecule has 0 unspecified atom stereocenters. The van der Waals surface area contributed by atoms with Gasteiger partial charge in [0.15, 0.2) is 0 Å². The summed E-state index contributed by atoms with van der Waals surface area (Å²) in [5.74, 6) is 0.131. The van der Waals surface area contributed by atoms with E-state index in [1.54, 1.807) is 0 Å². The maximum Gasteiger partial charge on any atom is 0.310 e. The van der Waals surface area contributed by atoms with Crippen molar-refractivity contribution in [3.63, 3.8) is 0 Å². The molecule has 0 aromatic heterocycles. The summed E-state index contributed by atoms with van der Waals surface area (Å²) in [5.41, 5.74) is 2.96. The Hall–Kier alpha value is -1.35. The molecule has 0 saturated carbocycles. The summed E-state index contributed by atoms with van der Waals surface area (Å²) in [5, 5.41) is 0. The zero-order chi connectivity index (χ0) is 13.0. The molecule has 3 aliphatic heterocycles. The van der Waals surface area contributed by atoms with E-state index in [1.165, 1.54) is 11.1 Å². The number of hydrogen-bond acceptors (Lipinski definition) is 3. The van der Waals surface area contributed by atoms with Crippen LogP contribution in [-0.2, 0) is 16.0 Å². The minimum atomic E-state index is 0.0230. The predicted octanol–water partition coefficient (Wildman–Crippen LogP) is 2.31. The van der Waals surface area contributed by atoms with Crippen molar-refractivity contribution >= 4 is 5.97 Å². The molecule has 0 aliphatic carbocycles. The van der Waals surface area contributed by atoms with Gasteiger partial charge < -0.3 is 4.74 Å². The summed E-state index contributed by atoms with van der Waals surface area (Å²) >= 11 is 0. The van der Waals surface area contributed by atoms with Crippen molar-refractivity contribution in [2.24, 2.45) is 5.92 Å². The Morgan fingerprint density at radius 3 is 3.00 bits per heavy atom. The van der Waals surface area contributed by atoms with Crippen LogP contribution in [0.15, 0.2) is 24.3 Å². The molecule has 19 heavy (non-hydrogen) atoms.